The van der Waals surface area contributed by atoms with E-state index in [-0.39, 0.29) is 11.4 Å². The standard InChI is InChI=1S/C15H12BrN3O5/c16-11-6-2-1-5-10(11)15(21)18-17-14(20)9-24-13-8-4-3-7-12(13)19(22)23/h1-8H,9H2,(H,17,20)(H,18,21). The van der Waals surface area contributed by atoms with Crippen LogP contribution in [0, 0.1) is 10.1 Å². The lowest BCUT2D eigenvalue weighted by Gasteiger charge is -2.09. The highest BCUT2D eigenvalue weighted by atomic mass is 79.9. The summed E-state index contributed by atoms with van der Waals surface area (Å²) < 4.78 is 5.68. The molecule has 2 N–H and O–H groups in total. The van der Waals surface area contributed by atoms with Gasteiger partial charge in [-0.15, -0.1) is 0 Å². The van der Waals surface area contributed by atoms with Gasteiger partial charge in [-0.2, -0.15) is 0 Å². The SMILES string of the molecule is O=C(COc1ccccc1[N+](=O)[O-])NNC(=O)c1ccccc1Br. The number of carbonyl (C=O) groups is 2. The maximum Gasteiger partial charge on any atom is 0.310 e. The molecular formula is C15H12BrN3O5. The van der Waals surface area contributed by atoms with E-state index in [1.54, 1.807) is 30.3 Å². The van der Waals surface area contributed by atoms with Crippen LogP contribution in [-0.4, -0.2) is 23.3 Å². The van der Waals surface area contributed by atoms with Crippen molar-refractivity contribution in [2.24, 2.45) is 0 Å². The van der Waals surface area contributed by atoms with Crippen LogP contribution >= 0.6 is 15.9 Å². The average molecular weight is 394 g/mol. The molecule has 0 heterocycles. The summed E-state index contributed by atoms with van der Waals surface area (Å²) in [7, 11) is 0. The largest absolute Gasteiger partial charge is 0.477 e. The third kappa shape index (κ3) is 4.53. The summed E-state index contributed by atoms with van der Waals surface area (Å²) in [5, 5.41) is 10.8. The number of nitro benzene ring substituents is 1. The van der Waals surface area contributed by atoms with Crippen LogP contribution in [0.15, 0.2) is 53.0 Å². The molecular weight excluding hydrogens is 382 g/mol. The zero-order chi connectivity index (χ0) is 17.5. The van der Waals surface area contributed by atoms with Gasteiger partial charge in [0.25, 0.3) is 11.8 Å². The minimum Gasteiger partial charge on any atom is -0.477 e. The number of halogens is 1. The number of carbonyl (C=O) groups excluding carboxylic acids is 2. The zero-order valence-corrected chi connectivity index (χ0v) is 13.8. The van der Waals surface area contributed by atoms with Crippen molar-refractivity contribution in [1.82, 2.24) is 10.9 Å². The summed E-state index contributed by atoms with van der Waals surface area (Å²) >= 11 is 3.22. The van der Waals surface area contributed by atoms with Gasteiger partial charge in [0.15, 0.2) is 12.4 Å². The molecule has 8 nitrogen and oxygen atoms in total. The van der Waals surface area contributed by atoms with Gasteiger partial charge in [-0.3, -0.25) is 30.6 Å². The fraction of sp³-hybridized carbons (Fsp3) is 0.0667. The molecule has 0 aliphatic carbocycles. The summed E-state index contributed by atoms with van der Waals surface area (Å²) in [4.78, 5) is 33.8. The molecule has 0 aliphatic rings. The first-order chi connectivity index (χ1) is 11.5. The van der Waals surface area contributed by atoms with Gasteiger partial charge in [0, 0.05) is 10.5 Å². The molecule has 2 aromatic rings. The monoisotopic (exact) mass is 393 g/mol. The lowest BCUT2D eigenvalue weighted by Crippen LogP contribution is -2.43. The molecule has 124 valence electrons. The van der Waals surface area contributed by atoms with Crippen LogP contribution in [0.1, 0.15) is 10.4 Å². The first-order valence-corrected chi connectivity index (χ1v) is 7.48. The number of hydrogen-bond acceptors (Lipinski definition) is 5. The second-order valence-electron chi connectivity index (χ2n) is 4.50. The molecule has 0 atom stereocenters. The third-order valence-corrected chi connectivity index (χ3v) is 3.55. The second-order valence-corrected chi connectivity index (χ2v) is 5.35. The number of hydrazine groups is 1. The van der Waals surface area contributed by atoms with E-state index in [1.165, 1.54) is 18.2 Å². The number of ether oxygens (including phenoxy) is 1. The molecule has 0 bridgehead atoms. The Balaban J connectivity index is 1.87. The van der Waals surface area contributed by atoms with Crippen LogP contribution in [0.25, 0.3) is 0 Å². The summed E-state index contributed by atoms with van der Waals surface area (Å²) in [6, 6.07) is 12.4. The molecule has 0 aliphatic heterocycles. The molecule has 0 spiro atoms. The van der Waals surface area contributed by atoms with Crippen molar-refractivity contribution in [3.63, 3.8) is 0 Å². The van der Waals surface area contributed by atoms with Gasteiger partial charge in [0.05, 0.1) is 10.5 Å². The van der Waals surface area contributed by atoms with Crippen molar-refractivity contribution in [2.45, 2.75) is 0 Å². The normalized spacial score (nSPS) is 9.88. The fourth-order valence-electron chi connectivity index (χ4n) is 1.75. The van der Waals surface area contributed by atoms with Crippen LogP contribution in [0.3, 0.4) is 0 Å². The van der Waals surface area contributed by atoms with E-state index >= 15 is 0 Å². The van der Waals surface area contributed by atoms with E-state index in [4.69, 9.17) is 4.74 Å². The van der Waals surface area contributed by atoms with Crippen LogP contribution < -0.4 is 15.6 Å². The van der Waals surface area contributed by atoms with Crippen molar-refractivity contribution in [1.29, 1.82) is 0 Å². The first-order valence-electron chi connectivity index (χ1n) is 6.69. The minimum absolute atomic E-state index is 0.0326. The van der Waals surface area contributed by atoms with Gasteiger partial charge < -0.3 is 4.74 Å². The highest BCUT2D eigenvalue weighted by molar-refractivity contribution is 9.10. The lowest BCUT2D eigenvalue weighted by molar-refractivity contribution is -0.385. The summed E-state index contributed by atoms with van der Waals surface area (Å²) in [5.74, 6) is -1.20. The molecule has 0 fully saturated rings. The van der Waals surface area contributed by atoms with Crippen molar-refractivity contribution < 1.29 is 19.2 Å². The number of amides is 2. The summed E-state index contributed by atoms with van der Waals surface area (Å²) in [6.45, 7) is -0.485. The van der Waals surface area contributed by atoms with Crippen LogP contribution in [-0.2, 0) is 4.79 Å². The number of hydrogen-bond donors (Lipinski definition) is 2. The Morgan fingerprint density at radius 2 is 1.75 bits per heavy atom. The molecule has 2 amide bonds. The van der Waals surface area contributed by atoms with Gasteiger partial charge in [-0.05, 0) is 34.1 Å². The van der Waals surface area contributed by atoms with Crippen LogP contribution in [0.5, 0.6) is 5.75 Å². The highest BCUT2D eigenvalue weighted by Gasteiger charge is 2.15. The highest BCUT2D eigenvalue weighted by Crippen LogP contribution is 2.25. The Kier molecular flexibility index (Phi) is 5.85. The van der Waals surface area contributed by atoms with E-state index in [2.05, 4.69) is 26.8 Å². The topological polar surface area (TPSA) is 111 Å². The number of benzene rings is 2. The predicted octanol–water partition coefficient (Wildman–Crippen LogP) is 2.20. The van der Waals surface area contributed by atoms with E-state index in [1.807, 2.05) is 0 Å². The predicted molar refractivity (Wildman–Crippen MR) is 88.3 cm³/mol. The number of nitrogens with zero attached hydrogens (tertiary/aromatic N) is 1. The number of nitrogens with one attached hydrogen (secondary N) is 2. The number of para-hydroxylation sites is 2. The quantitative estimate of drug-likeness (QED) is 0.597. The average Bonchev–Trinajstić information content (AvgIpc) is 2.58. The number of rotatable bonds is 5. The molecule has 0 unspecified atom stereocenters. The fourth-order valence-corrected chi connectivity index (χ4v) is 2.21. The Hall–Kier alpha value is -2.94. The number of nitro groups is 1. The Morgan fingerprint density at radius 3 is 2.46 bits per heavy atom. The summed E-state index contributed by atoms with van der Waals surface area (Å²) in [6.07, 6.45) is 0. The first kappa shape index (κ1) is 17.4. The van der Waals surface area contributed by atoms with Crippen molar-refractivity contribution in [3.05, 3.63) is 68.7 Å². The lowest BCUT2D eigenvalue weighted by atomic mass is 10.2. The molecule has 0 saturated heterocycles. The Bertz CT molecular complexity index is 781. The van der Waals surface area contributed by atoms with Crippen molar-refractivity contribution in [3.8, 4) is 5.75 Å². The molecule has 0 saturated carbocycles. The van der Waals surface area contributed by atoms with E-state index < -0.39 is 23.3 Å². The molecule has 24 heavy (non-hydrogen) atoms. The summed E-state index contributed by atoms with van der Waals surface area (Å²) in [5.41, 5.74) is 4.50. The van der Waals surface area contributed by atoms with Gasteiger partial charge >= 0.3 is 5.69 Å². The minimum atomic E-state index is -0.659. The molecule has 2 aromatic carbocycles. The van der Waals surface area contributed by atoms with Gasteiger partial charge in [-0.1, -0.05) is 24.3 Å². The molecule has 2 rings (SSSR count). The van der Waals surface area contributed by atoms with E-state index in [0.29, 0.717) is 10.0 Å². The van der Waals surface area contributed by atoms with E-state index in [0.717, 1.165) is 0 Å². The van der Waals surface area contributed by atoms with E-state index in [9.17, 15) is 19.7 Å². The molecule has 9 heteroatoms. The van der Waals surface area contributed by atoms with Gasteiger partial charge in [0.2, 0.25) is 0 Å². The maximum atomic E-state index is 11.9. The zero-order valence-electron chi connectivity index (χ0n) is 12.2. The van der Waals surface area contributed by atoms with Crippen LogP contribution in [0.2, 0.25) is 0 Å². The maximum absolute atomic E-state index is 11.9. The van der Waals surface area contributed by atoms with Crippen molar-refractivity contribution >= 4 is 33.4 Å². The molecule has 0 radical (unpaired) electrons. The smallest absolute Gasteiger partial charge is 0.310 e. The van der Waals surface area contributed by atoms with Gasteiger partial charge in [0.1, 0.15) is 0 Å². The Morgan fingerprint density at radius 1 is 1.08 bits per heavy atom. The second kappa shape index (κ2) is 8.06. The van der Waals surface area contributed by atoms with Gasteiger partial charge in [-0.25, -0.2) is 0 Å². The van der Waals surface area contributed by atoms with Crippen LogP contribution in [0.4, 0.5) is 5.69 Å². The Labute approximate surface area is 145 Å². The molecule has 0 aromatic heterocycles. The third-order valence-electron chi connectivity index (χ3n) is 2.85. The van der Waals surface area contributed by atoms with Crippen molar-refractivity contribution in [2.75, 3.05) is 6.61 Å².